The van der Waals surface area contributed by atoms with Crippen LogP contribution in [0.3, 0.4) is 0 Å². The van der Waals surface area contributed by atoms with Crippen molar-refractivity contribution >= 4 is 5.78 Å². The Morgan fingerprint density at radius 1 is 1.33 bits per heavy atom. The molecule has 7 heteroatoms. The van der Waals surface area contributed by atoms with Crippen molar-refractivity contribution in [3.05, 3.63) is 5.82 Å². The molecule has 1 saturated carbocycles. The van der Waals surface area contributed by atoms with Gasteiger partial charge in [0, 0.05) is 0 Å². The number of fused-ring (bicyclic) bond motifs is 1. The lowest BCUT2D eigenvalue weighted by Gasteiger charge is -2.42. The van der Waals surface area contributed by atoms with Crippen LogP contribution in [-0.4, -0.2) is 45.6 Å². The number of carbonyl (C=O) groups is 1. The molecule has 0 spiro atoms. The Morgan fingerprint density at radius 3 is 3.00 bits per heavy atom. The maximum atomic E-state index is 11.5. The number of H-pyrrole nitrogens is 1. The molecule has 2 N–H and O–H groups in total. The van der Waals surface area contributed by atoms with Gasteiger partial charge in [-0.05, 0) is 67.3 Å². The lowest BCUT2D eigenvalue weighted by atomic mass is 9.69. The zero-order valence-electron chi connectivity index (χ0n) is 12.4. The number of tetrazole rings is 1. The molecule has 7 nitrogen and oxygen atoms in total. The first-order chi connectivity index (χ1) is 10.2. The van der Waals surface area contributed by atoms with E-state index in [1.165, 1.54) is 19.3 Å². The van der Waals surface area contributed by atoms with E-state index in [0.717, 1.165) is 25.5 Å². The number of aromatic amines is 1. The first-order valence-corrected chi connectivity index (χ1v) is 7.76. The highest BCUT2D eigenvalue weighted by atomic mass is 16.5. The third-order valence-electron chi connectivity index (χ3n) is 4.89. The molecule has 4 unspecified atom stereocenters. The van der Waals surface area contributed by atoms with E-state index in [0.29, 0.717) is 24.3 Å². The van der Waals surface area contributed by atoms with Crippen molar-refractivity contribution in [1.29, 1.82) is 0 Å². The van der Waals surface area contributed by atoms with Gasteiger partial charge in [-0.25, -0.2) is 5.10 Å². The Hall–Kier alpha value is -1.34. The third kappa shape index (κ3) is 3.65. The van der Waals surface area contributed by atoms with Crippen molar-refractivity contribution in [2.75, 3.05) is 13.2 Å². The average molecular weight is 293 g/mol. The number of Topliss-reactive ketones (excluding diaryl/α,β-unsaturated/α-hetero) is 1. The van der Waals surface area contributed by atoms with Crippen LogP contribution < -0.4 is 5.32 Å². The lowest BCUT2D eigenvalue weighted by Crippen LogP contribution is -2.49. The van der Waals surface area contributed by atoms with Crippen LogP contribution in [0.25, 0.3) is 0 Å². The van der Waals surface area contributed by atoms with Gasteiger partial charge in [0.15, 0.2) is 5.82 Å². The summed E-state index contributed by atoms with van der Waals surface area (Å²) in [5.74, 6) is 2.92. The maximum absolute atomic E-state index is 11.5. The maximum Gasteiger partial charge on any atom is 0.174 e. The topological polar surface area (TPSA) is 92.8 Å². The Kier molecular flexibility index (Phi) is 4.60. The summed E-state index contributed by atoms with van der Waals surface area (Å²) in [7, 11) is 0. The highest BCUT2D eigenvalue weighted by Gasteiger charge is 2.36. The van der Waals surface area contributed by atoms with Gasteiger partial charge in [-0.3, -0.25) is 4.79 Å². The number of hydrogen-bond acceptors (Lipinski definition) is 6. The first-order valence-electron chi connectivity index (χ1n) is 7.76. The number of hydrogen-bond donors (Lipinski definition) is 2. The quantitative estimate of drug-likeness (QED) is 0.830. The number of ether oxygens (including phenoxy) is 1. The van der Waals surface area contributed by atoms with Gasteiger partial charge in [0.05, 0.1) is 12.6 Å². The molecule has 1 aromatic heterocycles. The van der Waals surface area contributed by atoms with E-state index in [1.54, 1.807) is 6.92 Å². The second-order valence-electron chi connectivity index (χ2n) is 6.37. The van der Waals surface area contributed by atoms with E-state index < -0.39 is 0 Å². The molecular weight excluding hydrogens is 270 g/mol. The molecule has 1 aromatic rings. The van der Waals surface area contributed by atoms with Crippen LogP contribution in [0.5, 0.6) is 0 Å². The summed E-state index contributed by atoms with van der Waals surface area (Å²) in [6.07, 6.45) is 4.61. The van der Waals surface area contributed by atoms with Crippen molar-refractivity contribution < 1.29 is 9.53 Å². The molecule has 2 fully saturated rings. The molecule has 0 radical (unpaired) electrons. The molecule has 1 aliphatic heterocycles. The Labute approximate surface area is 124 Å². The van der Waals surface area contributed by atoms with Gasteiger partial charge in [0.25, 0.3) is 0 Å². The number of nitrogens with one attached hydrogen (secondary N) is 2. The van der Waals surface area contributed by atoms with Gasteiger partial charge >= 0.3 is 0 Å². The van der Waals surface area contributed by atoms with Gasteiger partial charge in [0.2, 0.25) is 0 Å². The second kappa shape index (κ2) is 6.62. The van der Waals surface area contributed by atoms with Crippen molar-refractivity contribution in [3.8, 4) is 0 Å². The summed E-state index contributed by atoms with van der Waals surface area (Å²) in [6, 6.07) is 0.0613. The molecule has 0 amide bonds. The fraction of sp³-hybridized carbons (Fsp3) is 0.857. The standard InChI is InChI=1S/C14H23N5O2/c1-9(20)13-5-12-4-10(2-3-11(12)6-15-13)7-21-8-14-16-18-19-17-14/h10-13,15H,2-8H2,1H3,(H,16,17,18,19). The Balaban J connectivity index is 1.45. The predicted molar refractivity (Wildman–Crippen MR) is 75.2 cm³/mol. The van der Waals surface area contributed by atoms with Gasteiger partial charge in [-0.1, -0.05) is 0 Å². The van der Waals surface area contributed by atoms with Crippen LogP contribution in [0.1, 0.15) is 38.4 Å². The van der Waals surface area contributed by atoms with E-state index in [1.807, 2.05) is 0 Å². The molecule has 2 aliphatic rings. The summed E-state index contributed by atoms with van der Waals surface area (Å²) in [6.45, 7) is 3.87. The number of piperidine rings is 1. The number of aromatic nitrogens is 4. The normalized spacial score (nSPS) is 32.6. The Bertz CT molecular complexity index is 464. The third-order valence-corrected chi connectivity index (χ3v) is 4.89. The number of nitrogens with zero attached hydrogens (tertiary/aromatic N) is 3. The van der Waals surface area contributed by atoms with Crippen molar-refractivity contribution in [2.24, 2.45) is 17.8 Å². The second-order valence-corrected chi connectivity index (χ2v) is 6.37. The van der Waals surface area contributed by atoms with Crippen molar-refractivity contribution in [1.82, 2.24) is 25.9 Å². The van der Waals surface area contributed by atoms with Gasteiger partial charge in [-0.2, -0.15) is 0 Å². The van der Waals surface area contributed by atoms with Crippen molar-refractivity contribution in [3.63, 3.8) is 0 Å². The van der Waals surface area contributed by atoms with Crippen LogP contribution in [0.2, 0.25) is 0 Å². The van der Waals surface area contributed by atoms with E-state index in [2.05, 4.69) is 25.9 Å². The van der Waals surface area contributed by atoms with Crippen LogP contribution >= 0.6 is 0 Å². The minimum absolute atomic E-state index is 0.0613. The fourth-order valence-electron chi connectivity index (χ4n) is 3.68. The summed E-state index contributed by atoms with van der Waals surface area (Å²) in [5.41, 5.74) is 0. The predicted octanol–water partition coefficient (Wildman–Crippen LogP) is 0.700. The smallest absolute Gasteiger partial charge is 0.174 e. The molecule has 0 aromatic carbocycles. The molecule has 4 atom stereocenters. The van der Waals surface area contributed by atoms with Crippen LogP contribution in [0.15, 0.2) is 0 Å². The number of carbonyl (C=O) groups excluding carboxylic acids is 1. The first kappa shape index (κ1) is 14.6. The molecule has 1 saturated heterocycles. The summed E-state index contributed by atoms with van der Waals surface area (Å²) >= 11 is 0. The van der Waals surface area contributed by atoms with Crippen LogP contribution in [-0.2, 0) is 16.1 Å². The van der Waals surface area contributed by atoms with E-state index in [4.69, 9.17) is 4.74 Å². The summed E-state index contributed by atoms with van der Waals surface area (Å²) < 4.78 is 5.72. The van der Waals surface area contributed by atoms with Gasteiger partial charge in [-0.15, -0.1) is 5.10 Å². The largest absolute Gasteiger partial charge is 0.373 e. The molecule has 1 aliphatic carbocycles. The molecule has 21 heavy (non-hydrogen) atoms. The molecule has 3 rings (SSSR count). The van der Waals surface area contributed by atoms with Gasteiger partial charge in [0.1, 0.15) is 12.4 Å². The SMILES string of the molecule is CC(=O)C1CC2CC(COCc3nnn[nH]3)CCC2CN1. The summed E-state index contributed by atoms with van der Waals surface area (Å²) in [5, 5.41) is 16.9. The monoisotopic (exact) mass is 293 g/mol. The fourth-order valence-corrected chi connectivity index (χ4v) is 3.68. The lowest BCUT2D eigenvalue weighted by molar-refractivity contribution is -0.120. The van der Waals surface area contributed by atoms with Crippen LogP contribution in [0, 0.1) is 17.8 Å². The van der Waals surface area contributed by atoms with Gasteiger partial charge < -0.3 is 10.1 Å². The molecule has 2 heterocycles. The van der Waals surface area contributed by atoms with Crippen LogP contribution in [0.4, 0.5) is 0 Å². The highest BCUT2D eigenvalue weighted by Crippen LogP contribution is 2.38. The van der Waals surface area contributed by atoms with E-state index >= 15 is 0 Å². The minimum atomic E-state index is 0.0613. The minimum Gasteiger partial charge on any atom is -0.373 e. The van der Waals surface area contributed by atoms with Crippen molar-refractivity contribution in [2.45, 2.75) is 45.3 Å². The molecular formula is C14H23N5O2. The average Bonchev–Trinajstić information content (AvgIpc) is 2.99. The number of rotatable bonds is 5. The molecule has 116 valence electrons. The van der Waals surface area contributed by atoms with E-state index in [-0.39, 0.29) is 11.8 Å². The zero-order valence-corrected chi connectivity index (χ0v) is 12.4. The summed E-state index contributed by atoms with van der Waals surface area (Å²) in [4.78, 5) is 11.5. The van der Waals surface area contributed by atoms with E-state index in [9.17, 15) is 4.79 Å². The molecule has 0 bridgehead atoms. The zero-order chi connectivity index (χ0) is 14.7. The number of ketones is 1. The highest BCUT2D eigenvalue weighted by molar-refractivity contribution is 5.81. The Morgan fingerprint density at radius 2 is 2.24 bits per heavy atom.